The molecular formula is C20H22ClN3O4S. The predicted molar refractivity (Wildman–Crippen MR) is 115 cm³/mol. The van der Waals surface area contributed by atoms with E-state index in [0.717, 1.165) is 12.8 Å². The maximum atomic E-state index is 12.2. The minimum absolute atomic E-state index is 0.0515. The number of benzene rings is 2. The quantitative estimate of drug-likeness (QED) is 0.335. The summed E-state index contributed by atoms with van der Waals surface area (Å²) in [5.74, 6) is 0.183. The molecule has 2 aromatic carbocycles. The Bertz CT molecular complexity index is 846. The molecule has 2 aromatic rings. The molecule has 7 nitrogen and oxygen atoms in total. The maximum Gasteiger partial charge on any atom is 0.276 e. The van der Waals surface area contributed by atoms with Crippen molar-refractivity contribution in [3.63, 3.8) is 0 Å². The van der Waals surface area contributed by atoms with Crippen molar-refractivity contribution in [2.75, 3.05) is 13.2 Å². The predicted octanol–water partition coefficient (Wildman–Crippen LogP) is 3.23. The molecule has 0 aromatic heterocycles. The van der Waals surface area contributed by atoms with Crippen molar-refractivity contribution in [3.8, 4) is 11.5 Å². The second kappa shape index (κ2) is 11.9. The summed E-state index contributed by atoms with van der Waals surface area (Å²) in [5, 5.41) is 2.82. The number of unbranched alkanes of at least 4 members (excludes halogenated alkanes) is 1. The van der Waals surface area contributed by atoms with E-state index in [1.54, 1.807) is 48.5 Å². The molecule has 9 heteroatoms. The Kier molecular flexibility index (Phi) is 9.20. The smallest absolute Gasteiger partial charge is 0.276 e. The van der Waals surface area contributed by atoms with E-state index < -0.39 is 11.8 Å². The average molecular weight is 436 g/mol. The fraction of sp³-hybridized carbons (Fsp3) is 0.250. The number of carbonyl (C=O) groups is 2. The number of hydrogen-bond acceptors (Lipinski definition) is 5. The highest BCUT2D eigenvalue weighted by Crippen LogP contribution is 2.22. The van der Waals surface area contributed by atoms with Crippen LogP contribution in [0.2, 0.25) is 5.02 Å². The van der Waals surface area contributed by atoms with Crippen LogP contribution in [0.3, 0.4) is 0 Å². The lowest BCUT2D eigenvalue weighted by molar-refractivity contribution is -0.123. The highest BCUT2D eigenvalue weighted by Gasteiger charge is 2.10. The molecular weight excluding hydrogens is 414 g/mol. The molecule has 29 heavy (non-hydrogen) atoms. The normalized spacial score (nSPS) is 10.0. The topological polar surface area (TPSA) is 88.7 Å². The molecule has 0 aliphatic rings. The average Bonchev–Trinajstić information content (AvgIpc) is 2.72. The van der Waals surface area contributed by atoms with Crippen molar-refractivity contribution in [1.29, 1.82) is 0 Å². The second-order valence-corrected chi connectivity index (χ2v) is 6.72. The van der Waals surface area contributed by atoms with Gasteiger partial charge in [0.15, 0.2) is 11.7 Å². The van der Waals surface area contributed by atoms with Crippen LogP contribution in [-0.2, 0) is 4.79 Å². The zero-order valence-corrected chi connectivity index (χ0v) is 17.4. The highest BCUT2D eigenvalue weighted by molar-refractivity contribution is 7.80. The summed E-state index contributed by atoms with van der Waals surface area (Å²) in [5.41, 5.74) is 5.18. The zero-order chi connectivity index (χ0) is 21.1. The van der Waals surface area contributed by atoms with Crippen molar-refractivity contribution in [2.45, 2.75) is 19.8 Å². The number of rotatable bonds is 8. The summed E-state index contributed by atoms with van der Waals surface area (Å²) in [6.07, 6.45) is 2.02. The lowest BCUT2D eigenvalue weighted by atomic mass is 10.2. The standard InChI is InChI=1S/C20H22ClN3O4S/c1-2-3-12-27-15-10-8-14(9-11-15)19(26)22-20(29)24-23-18(25)13-28-17-7-5-4-6-16(17)21/h4-11H,2-3,12-13H2,1H3,(H,23,25)(H2,22,24,26,29). The first-order chi connectivity index (χ1) is 14.0. The van der Waals surface area contributed by atoms with Gasteiger partial charge in [0, 0.05) is 5.56 Å². The molecule has 3 N–H and O–H groups in total. The lowest BCUT2D eigenvalue weighted by Gasteiger charge is -2.12. The SMILES string of the molecule is CCCCOc1ccc(C(=O)NC(=S)NNC(=O)COc2ccccc2Cl)cc1. The fourth-order valence-corrected chi connectivity index (χ4v) is 2.45. The third kappa shape index (κ3) is 7.97. The molecule has 0 fully saturated rings. The van der Waals surface area contributed by atoms with Gasteiger partial charge in [0.25, 0.3) is 11.8 Å². The lowest BCUT2D eigenvalue weighted by Crippen LogP contribution is -2.49. The van der Waals surface area contributed by atoms with Gasteiger partial charge in [0.05, 0.1) is 11.6 Å². The number of hydrazine groups is 1. The summed E-state index contributed by atoms with van der Waals surface area (Å²) >= 11 is 10.9. The summed E-state index contributed by atoms with van der Waals surface area (Å²) < 4.78 is 10.9. The van der Waals surface area contributed by atoms with E-state index in [-0.39, 0.29) is 11.7 Å². The van der Waals surface area contributed by atoms with E-state index in [1.165, 1.54) is 0 Å². The van der Waals surface area contributed by atoms with Gasteiger partial charge in [0.1, 0.15) is 11.5 Å². The van der Waals surface area contributed by atoms with Crippen LogP contribution in [0.1, 0.15) is 30.1 Å². The largest absolute Gasteiger partial charge is 0.494 e. The van der Waals surface area contributed by atoms with Crippen LogP contribution < -0.4 is 25.6 Å². The third-order valence-electron chi connectivity index (χ3n) is 3.62. The number of halogens is 1. The fourth-order valence-electron chi connectivity index (χ4n) is 2.11. The Balaban J connectivity index is 1.72. The molecule has 0 saturated carbocycles. The number of nitrogens with one attached hydrogen (secondary N) is 3. The molecule has 0 radical (unpaired) electrons. The van der Waals surface area contributed by atoms with Crippen molar-refractivity contribution in [2.24, 2.45) is 0 Å². The second-order valence-electron chi connectivity index (χ2n) is 5.90. The number of para-hydroxylation sites is 1. The number of thiocarbonyl (C=S) groups is 1. The maximum absolute atomic E-state index is 12.2. The van der Waals surface area contributed by atoms with Crippen LogP contribution in [0.25, 0.3) is 0 Å². The van der Waals surface area contributed by atoms with Crippen LogP contribution >= 0.6 is 23.8 Å². The van der Waals surface area contributed by atoms with Gasteiger partial charge in [-0.2, -0.15) is 0 Å². The molecule has 0 saturated heterocycles. The van der Waals surface area contributed by atoms with E-state index in [4.69, 9.17) is 33.3 Å². The van der Waals surface area contributed by atoms with Gasteiger partial charge >= 0.3 is 0 Å². The van der Waals surface area contributed by atoms with E-state index in [9.17, 15) is 9.59 Å². The van der Waals surface area contributed by atoms with Crippen LogP contribution in [-0.4, -0.2) is 30.1 Å². The summed E-state index contributed by atoms with van der Waals surface area (Å²) in [6, 6.07) is 13.5. The molecule has 0 atom stereocenters. The number of carbonyl (C=O) groups excluding carboxylic acids is 2. The van der Waals surface area contributed by atoms with Gasteiger partial charge in [0.2, 0.25) is 0 Å². The highest BCUT2D eigenvalue weighted by atomic mass is 35.5. The van der Waals surface area contributed by atoms with E-state index in [2.05, 4.69) is 23.1 Å². The van der Waals surface area contributed by atoms with Gasteiger partial charge in [-0.05, 0) is 55.0 Å². The van der Waals surface area contributed by atoms with Gasteiger partial charge in [-0.15, -0.1) is 0 Å². The van der Waals surface area contributed by atoms with E-state index in [0.29, 0.717) is 28.7 Å². The molecule has 0 heterocycles. The first kappa shape index (κ1) is 22.4. The number of amides is 2. The summed E-state index contributed by atoms with van der Waals surface area (Å²) in [4.78, 5) is 24.0. The van der Waals surface area contributed by atoms with Crippen LogP contribution in [0.4, 0.5) is 0 Å². The van der Waals surface area contributed by atoms with Crippen molar-refractivity contribution in [1.82, 2.24) is 16.2 Å². The Labute approximate surface area is 179 Å². The van der Waals surface area contributed by atoms with Crippen molar-refractivity contribution >= 4 is 40.7 Å². The number of hydrogen-bond donors (Lipinski definition) is 3. The van der Waals surface area contributed by atoms with E-state index >= 15 is 0 Å². The Morgan fingerprint density at radius 1 is 1.03 bits per heavy atom. The summed E-state index contributed by atoms with van der Waals surface area (Å²) in [7, 11) is 0. The Morgan fingerprint density at radius 2 is 1.76 bits per heavy atom. The minimum atomic E-state index is -0.491. The van der Waals surface area contributed by atoms with Crippen molar-refractivity contribution < 1.29 is 19.1 Å². The first-order valence-corrected chi connectivity index (χ1v) is 9.78. The van der Waals surface area contributed by atoms with Crippen LogP contribution in [0.5, 0.6) is 11.5 Å². The molecule has 0 unspecified atom stereocenters. The summed E-state index contributed by atoms with van der Waals surface area (Å²) in [6.45, 7) is 2.45. The minimum Gasteiger partial charge on any atom is -0.494 e. The molecule has 154 valence electrons. The van der Waals surface area contributed by atoms with Gasteiger partial charge < -0.3 is 9.47 Å². The molecule has 0 aliphatic carbocycles. The number of ether oxygens (including phenoxy) is 2. The van der Waals surface area contributed by atoms with Crippen LogP contribution in [0.15, 0.2) is 48.5 Å². The van der Waals surface area contributed by atoms with Crippen molar-refractivity contribution in [3.05, 3.63) is 59.1 Å². The van der Waals surface area contributed by atoms with Crippen LogP contribution in [0, 0.1) is 0 Å². The van der Waals surface area contributed by atoms with E-state index in [1.807, 2.05) is 0 Å². The molecule has 0 aliphatic heterocycles. The van der Waals surface area contributed by atoms with Gasteiger partial charge in [-0.1, -0.05) is 37.1 Å². The Morgan fingerprint density at radius 3 is 2.45 bits per heavy atom. The molecule has 2 amide bonds. The zero-order valence-electron chi connectivity index (χ0n) is 15.9. The monoisotopic (exact) mass is 435 g/mol. The first-order valence-electron chi connectivity index (χ1n) is 9.00. The van der Waals surface area contributed by atoms with Gasteiger partial charge in [-0.3, -0.25) is 25.8 Å². The molecule has 0 bridgehead atoms. The Hall–Kier alpha value is -2.84. The van der Waals surface area contributed by atoms with Gasteiger partial charge in [-0.25, -0.2) is 0 Å². The molecule has 0 spiro atoms. The third-order valence-corrected chi connectivity index (χ3v) is 4.14. The molecule has 2 rings (SSSR count).